The molecule has 0 aromatic rings. The summed E-state index contributed by atoms with van der Waals surface area (Å²) in [6, 6.07) is 0.584. The van der Waals surface area contributed by atoms with Gasteiger partial charge >= 0.3 is 0 Å². The lowest BCUT2D eigenvalue weighted by atomic mass is 9.94. The fraction of sp³-hybridized carbons (Fsp3) is 0.889. The first-order chi connectivity index (χ1) is 5.65. The van der Waals surface area contributed by atoms with Crippen molar-refractivity contribution in [2.75, 3.05) is 20.1 Å². The second kappa shape index (κ2) is 3.90. The predicted octanol–water partition coefficient (Wildman–Crippen LogP) is 0.463. The maximum Gasteiger partial charge on any atom is 0.219 e. The summed E-state index contributed by atoms with van der Waals surface area (Å²) >= 11 is 0. The van der Waals surface area contributed by atoms with Crippen molar-refractivity contribution in [1.29, 1.82) is 0 Å². The van der Waals surface area contributed by atoms with Crippen LogP contribution in [0.15, 0.2) is 0 Å². The summed E-state index contributed by atoms with van der Waals surface area (Å²) in [6.45, 7) is 5.65. The minimum Gasteiger partial charge on any atom is -0.343 e. The van der Waals surface area contributed by atoms with Gasteiger partial charge in [-0.15, -0.1) is 0 Å². The summed E-state index contributed by atoms with van der Waals surface area (Å²) < 4.78 is 0. The third-order valence-corrected chi connectivity index (χ3v) is 2.72. The highest BCUT2D eigenvalue weighted by Crippen LogP contribution is 2.15. The van der Waals surface area contributed by atoms with Gasteiger partial charge in [-0.3, -0.25) is 4.79 Å². The van der Waals surface area contributed by atoms with E-state index in [0.717, 1.165) is 19.5 Å². The van der Waals surface area contributed by atoms with Crippen molar-refractivity contribution in [3.05, 3.63) is 0 Å². The zero-order valence-electron chi connectivity index (χ0n) is 8.13. The quantitative estimate of drug-likeness (QED) is 0.620. The van der Waals surface area contributed by atoms with Gasteiger partial charge in [-0.1, -0.05) is 6.92 Å². The Bertz CT molecular complexity index is 170. The number of hydrogen-bond donors (Lipinski definition) is 1. The molecule has 0 radical (unpaired) electrons. The lowest BCUT2D eigenvalue weighted by molar-refractivity contribution is -0.130. The second-order valence-electron chi connectivity index (χ2n) is 3.63. The monoisotopic (exact) mass is 170 g/mol. The standard InChI is InChI=1S/C9H18N2O/c1-7-6-11(8(2)12)5-4-9(7)10-3/h7,9-10H,4-6H2,1-3H3. The van der Waals surface area contributed by atoms with Crippen LogP contribution in [0.25, 0.3) is 0 Å². The van der Waals surface area contributed by atoms with E-state index in [2.05, 4.69) is 12.2 Å². The van der Waals surface area contributed by atoms with Crippen LogP contribution in [0.2, 0.25) is 0 Å². The molecule has 3 nitrogen and oxygen atoms in total. The zero-order chi connectivity index (χ0) is 9.14. The van der Waals surface area contributed by atoms with Crippen molar-refractivity contribution < 1.29 is 4.79 Å². The molecule has 1 heterocycles. The Morgan fingerprint density at radius 3 is 2.67 bits per heavy atom. The molecule has 0 bridgehead atoms. The van der Waals surface area contributed by atoms with E-state index >= 15 is 0 Å². The molecule has 1 amide bonds. The molecular weight excluding hydrogens is 152 g/mol. The molecule has 12 heavy (non-hydrogen) atoms. The van der Waals surface area contributed by atoms with Gasteiger partial charge in [-0.25, -0.2) is 0 Å². The molecule has 0 aromatic carbocycles. The third kappa shape index (κ3) is 1.97. The number of piperidine rings is 1. The molecule has 2 unspecified atom stereocenters. The molecular formula is C9H18N2O. The first-order valence-electron chi connectivity index (χ1n) is 4.58. The zero-order valence-corrected chi connectivity index (χ0v) is 8.13. The molecule has 3 heteroatoms. The van der Waals surface area contributed by atoms with E-state index < -0.39 is 0 Å². The van der Waals surface area contributed by atoms with Gasteiger partial charge in [-0.2, -0.15) is 0 Å². The van der Waals surface area contributed by atoms with Gasteiger partial charge in [0.15, 0.2) is 0 Å². The number of carbonyl (C=O) groups is 1. The van der Waals surface area contributed by atoms with E-state index in [-0.39, 0.29) is 5.91 Å². The summed E-state index contributed by atoms with van der Waals surface area (Å²) in [4.78, 5) is 13.0. The van der Waals surface area contributed by atoms with E-state index in [4.69, 9.17) is 0 Å². The lowest BCUT2D eigenvalue weighted by Crippen LogP contribution is -2.48. The molecule has 0 spiro atoms. The second-order valence-corrected chi connectivity index (χ2v) is 3.63. The van der Waals surface area contributed by atoms with Gasteiger partial charge in [0.2, 0.25) is 5.91 Å². The van der Waals surface area contributed by atoms with Crippen LogP contribution in [0, 0.1) is 5.92 Å². The fourth-order valence-electron chi connectivity index (χ4n) is 1.86. The Hall–Kier alpha value is -0.570. The van der Waals surface area contributed by atoms with Crippen molar-refractivity contribution in [1.82, 2.24) is 10.2 Å². The van der Waals surface area contributed by atoms with Crippen molar-refractivity contribution >= 4 is 5.91 Å². The van der Waals surface area contributed by atoms with Crippen molar-refractivity contribution in [2.24, 2.45) is 5.92 Å². The Labute approximate surface area is 74.1 Å². The average molecular weight is 170 g/mol. The fourth-order valence-corrected chi connectivity index (χ4v) is 1.86. The minimum absolute atomic E-state index is 0.205. The number of hydrogen-bond acceptors (Lipinski definition) is 2. The van der Waals surface area contributed by atoms with Crippen LogP contribution in [-0.4, -0.2) is 37.0 Å². The highest BCUT2D eigenvalue weighted by atomic mass is 16.2. The van der Waals surface area contributed by atoms with Crippen LogP contribution in [0.3, 0.4) is 0 Å². The SMILES string of the molecule is CNC1CCN(C(C)=O)CC1C. The summed E-state index contributed by atoms with van der Waals surface area (Å²) in [6.07, 6.45) is 1.08. The minimum atomic E-state index is 0.205. The van der Waals surface area contributed by atoms with Crippen molar-refractivity contribution in [2.45, 2.75) is 26.3 Å². The largest absolute Gasteiger partial charge is 0.343 e. The average Bonchev–Trinajstić information content (AvgIpc) is 2.04. The maximum atomic E-state index is 11.0. The highest BCUT2D eigenvalue weighted by molar-refractivity contribution is 5.73. The number of amides is 1. The van der Waals surface area contributed by atoms with Gasteiger partial charge in [0, 0.05) is 26.1 Å². The van der Waals surface area contributed by atoms with Gasteiger partial charge in [0.25, 0.3) is 0 Å². The molecule has 0 saturated carbocycles. The summed E-state index contributed by atoms with van der Waals surface area (Å²) in [7, 11) is 1.99. The number of nitrogens with one attached hydrogen (secondary N) is 1. The van der Waals surface area contributed by atoms with Crippen molar-refractivity contribution in [3.8, 4) is 0 Å². The maximum absolute atomic E-state index is 11.0. The van der Waals surface area contributed by atoms with Crippen LogP contribution in [0.5, 0.6) is 0 Å². The van der Waals surface area contributed by atoms with Crippen LogP contribution in [0.1, 0.15) is 20.3 Å². The Morgan fingerprint density at radius 2 is 2.25 bits per heavy atom. The molecule has 1 fully saturated rings. The molecule has 1 aliphatic rings. The van der Waals surface area contributed by atoms with Gasteiger partial charge in [0.05, 0.1) is 0 Å². The molecule has 0 aromatic heterocycles. The molecule has 70 valence electrons. The van der Waals surface area contributed by atoms with E-state index in [0.29, 0.717) is 12.0 Å². The van der Waals surface area contributed by atoms with E-state index in [9.17, 15) is 4.79 Å². The van der Waals surface area contributed by atoms with E-state index in [1.54, 1.807) is 6.92 Å². The molecule has 2 atom stereocenters. The third-order valence-electron chi connectivity index (χ3n) is 2.72. The molecule has 1 aliphatic heterocycles. The number of carbonyl (C=O) groups excluding carboxylic acids is 1. The summed E-state index contributed by atoms with van der Waals surface area (Å²) in [5.41, 5.74) is 0. The molecule has 1 saturated heterocycles. The van der Waals surface area contributed by atoms with E-state index in [1.807, 2.05) is 11.9 Å². The summed E-state index contributed by atoms with van der Waals surface area (Å²) in [5.74, 6) is 0.782. The van der Waals surface area contributed by atoms with Crippen molar-refractivity contribution in [3.63, 3.8) is 0 Å². The number of nitrogens with zero attached hydrogens (tertiary/aromatic N) is 1. The smallest absolute Gasteiger partial charge is 0.219 e. The Balaban J connectivity index is 2.46. The highest BCUT2D eigenvalue weighted by Gasteiger charge is 2.25. The topological polar surface area (TPSA) is 32.3 Å². The Kier molecular flexibility index (Phi) is 3.09. The van der Waals surface area contributed by atoms with E-state index in [1.165, 1.54) is 0 Å². The predicted molar refractivity (Wildman–Crippen MR) is 48.9 cm³/mol. The Morgan fingerprint density at radius 1 is 1.58 bits per heavy atom. The summed E-state index contributed by atoms with van der Waals surface area (Å²) in [5, 5.41) is 3.28. The molecule has 0 aliphatic carbocycles. The van der Waals surface area contributed by atoms with Crippen LogP contribution >= 0.6 is 0 Å². The van der Waals surface area contributed by atoms with Crippen LogP contribution in [-0.2, 0) is 4.79 Å². The first kappa shape index (κ1) is 9.52. The molecule has 1 N–H and O–H groups in total. The number of likely N-dealkylation sites (tertiary alicyclic amines) is 1. The normalized spacial score (nSPS) is 30.4. The van der Waals surface area contributed by atoms with Crippen LogP contribution < -0.4 is 5.32 Å². The molecule has 1 rings (SSSR count). The lowest BCUT2D eigenvalue weighted by Gasteiger charge is -2.36. The first-order valence-corrected chi connectivity index (χ1v) is 4.58. The van der Waals surface area contributed by atoms with Gasteiger partial charge in [-0.05, 0) is 19.4 Å². The van der Waals surface area contributed by atoms with Gasteiger partial charge in [0.1, 0.15) is 0 Å². The van der Waals surface area contributed by atoms with Gasteiger partial charge < -0.3 is 10.2 Å². The number of rotatable bonds is 1. The van der Waals surface area contributed by atoms with Crippen LogP contribution in [0.4, 0.5) is 0 Å².